The van der Waals surface area contributed by atoms with E-state index in [1.165, 1.54) is 0 Å². The predicted molar refractivity (Wildman–Crippen MR) is 81.2 cm³/mol. The van der Waals surface area contributed by atoms with Crippen molar-refractivity contribution in [3.05, 3.63) is 28.5 Å². The molecule has 1 aliphatic rings. The summed E-state index contributed by atoms with van der Waals surface area (Å²) in [6, 6.07) is 4.04. The van der Waals surface area contributed by atoms with Crippen LogP contribution < -0.4 is 0 Å². The van der Waals surface area contributed by atoms with Crippen LogP contribution in [0.3, 0.4) is 0 Å². The first-order chi connectivity index (χ1) is 9.51. The van der Waals surface area contributed by atoms with E-state index in [0.717, 1.165) is 38.3 Å². The summed E-state index contributed by atoms with van der Waals surface area (Å²) in [6.07, 6.45) is 1.15. The lowest BCUT2D eigenvalue weighted by atomic mass is 10.1. The fraction of sp³-hybridized carbons (Fsp3) is 0.600. The monoisotopic (exact) mass is 295 g/mol. The van der Waals surface area contributed by atoms with Gasteiger partial charge in [0.1, 0.15) is 5.15 Å². The molecule has 1 fully saturated rings. The molecule has 1 aromatic rings. The van der Waals surface area contributed by atoms with Gasteiger partial charge in [-0.2, -0.15) is 0 Å². The largest absolute Gasteiger partial charge is 0.336 e. The SMILES string of the molecule is CCC(C)N1CCN(C(=O)c2cc(C)nc(Cl)c2)CC1. The van der Waals surface area contributed by atoms with Crippen molar-refractivity contribution >= 4 is 17.5 Å². The molecule has 0 aliphatic carbocycles. The molecule has 0 N–H and O–H groups in total. The number of hydrogen-bond acceptors (Lipinski definition) is 3. The average molecular weight is 296 g/mol. The Bertz CT molecular complexity index is 464. The Morgan fingerprint density at radius 3 is 2.55 bits per heavy atom. The van der Waals surface area contributed by atoms with Crippen molar-refractivity contribution < 1.29 is 4.79 Å². The molecular formula is C15H22ClN3O. The zero-order chi connectivity index (χ0) is 14.7. The second-order valence-corrected chi connectivity index (χ2v) is 5.79. The van der Waals surface area contributed by atoms with Gasteiger partial charge in [-0.05, 0) is 32.4 Å². The number of amides is 1. The van der Waals surface area contributed by atoms with Crippen LogP contribution in [0.2, 0.25) is 5.15 Å². The predicted octanol–water partition coefficient (Wildman–Crippen LogP) is 2.60. The summed E-state index contributed by atoms with van der Waals surface area (Å²) in [7, 11) is 0. The molecule has 5 heteroatoms. The smallest absolute Gasteiger partial charge is 0.254 e. The van der Waals surface area contributed by atoms with Gasteiger partial charge in [0.15, 0.2) is 0 Å². The van der Waals surface area contributed by atoms with Crippen LogP contribution in [0.15, 0.2) is 12.1 Å². The van der Waals surface area contributed by atoms with Crippen LogP contribution in [-0.4, -0.2) is 52.9 Å². The molecule has 1 unspecified atom stereocenters. The fourth-order valence-corrected chi connectivity index (χ4v) is 2.81. The molecule has 20 heavy (non-hydrogen) atoms. The molecule has 1 amide bonds. The minimum atomic E-state index is 0.0567. The van der Waals surface area contributed by atoms with Gasteiger partial charge in [0, 0.05) is 43.5 Å². The highest BCUT2D eigenvalue weighted by Gasteiger charge is 2.24. The van der Waals surface area contributed by atoms with Crippen LogP contribution >= 0.6 is 11.6 Å². The molecule has 1 aliphatic heterocycles. The van der Waals surface area contributed by atoms with E-state index in [1.54, 1.807) is 12.1 Å². The van der Waals surface area contributed by atoms with E-state index in [4.69, 9.17) is 11.6 Å². The van der Waals surface area contributed by atoms with Crippen molar-refractivity contribution in [2.75, 3.05) is 26.2 Å². The number of halogens is 1. The van der Waals surface area contributed by atoms with Gasteiger partial charge >= 0.3 is 0 Å². The van der Waals surface area contributed by atoms with Gasteiger partial charge < -0.3 is 4.90 Å². The lowest BCUT2D eigenvalue weighted by Crippen LogP contribution is -2.51. The minimum Gasteiger partial charge on any atom is -0.336 e. The second kappa shape index (κ2) is 6.55. The lowest BCUT2D eigenvalue weighted by Gasteiger charge is -2.37. The standard InChI is InChI=1S/C15H22ClN3O/c1-4-12(3)18-5-7-19(8-6-18)15(20)13-9-11(2)17-14(16)10-13/h9-10,12H,4-8H2,1-3H3. The van der Waals surface area contributed by atoms with E-state index >= 15 is 0 Å². The van der Waals surface area contributed by atoms with E-state index in [-0.39, 0.29) is 5.91 Å². The van der Waals surface area contributed by atoms with Crippen LogP contribution in [-0.2, 0) is 0 Å². The summed E-state index contributed by atoms with van der Waals surface area (Å²) in [5, 5.41) is 0.381. The van der Waals surface area contributed by atoms with E-state index in [9.17, 15) is 4.79 Å². The normalized spacial score (nSPS) is 18.1. The third kappa shape index (κ3) is 3.49. The lowest BCUT2D eigenvalue weighted by molar-refractivity contribution is 0.0579. The zero-order valence-corrected chi connectivity index (χ0v) is 13.2. The summed E-state index contributed by atoms with van der Waals surface area (Å²) in [6.45, 7) is 9.73. The first kappa shape index (κ1) is 15.3. The van der Waals surface area contributed by atoms with Crippen molar-refractivity contribution in [3.8, 4) is 0 Å². The van der Waals surface area contributed by atoms with Crippen LogP contribution in [0.25, 0.3) is 0 Å². The van der Waals surface area contributed by atoms with E-state index in [1.807, 2.05) is 11.8 Å². The number of nitrogens with zero attached hydrogens (tertiary/aromatic N) is 3. The highest BCUT2D eigenvalue weighted by atomic mass is 35.5. The van der Waals surface area contributed by atoms with Crippen molar-refractivity contribution in [2.24, 2.45) is 0 Å². The average Bonchev–Trinajstić information content (AvgIpc) is 2.45. The molecule has 0 radical (unpaired) electrons. The molecule has 110 valence electrons. The Morgan fingerprint density at radius 1 is 1.35 bits per heavy atom. The van der Waals surface area contributed by atoms with Crippen molar-refractivity contribution in [1.82, 2.24) is 14.8 Å². The fourth-order valence-electron chi connectivity index (χ4n) is 2.56. The van der Waals surface area contributed by atoms with Gasteiger partial charge in [-0.25, -0.2) is 4.98 Å². The Balaban J connectivity index is 2.01. The number of rotatable bonds is 3. The Hall–Kier alpha value is -1.13. The number of carbonyl (C=O) groups is 1. The van der Waals surface area contributed by atoms with E-state index in [0.29, 0.717) is 16.8 Å². The molecule has 2 heterocycles. The number of aryl methyl sites for hydroxylation is 1. The van der Waals surface area contributed by atoms with Gasteiger partial charge in [-0.3, -0.25) is 9.69 Å². The zero-order valence-electron chi connectivity index (χ0n) is 12.4. The van der Waals surface area contributed by atoms with Gasteiger partial charge in [0.2, 0.25) is 0 Å². The molecule has 4 nitrogen and oxygen atoms in total. The highest BCUT2D eigenvalue weighted by molar-refractivity contribution is 6.29. The molecule has 2 rings (SSSR count). The van der Waals surface area contributed by atoms with Gasteiger partial charge in [-0.15, -0.1) is 0 Å². The second-order valence-electron chi connectivity index (χ2n) is 5.41. The summed E-state index contributed by atoms with van der Waals surface area (Å²) >= 11 is 5.93. The summed E-state index contributed by atoms with van der Waals surface area (Å²) in [4.78, 5) is 20.9. The molecule has 0 spiro atoms. The van der Waals surface area contributed by atoms with Gasteiger partial charge in [0.05, 0.1) is 0 Å². The Morgan fingerprint density at radius 2 is 2.00 bits per heavy atom. The highest BCUT2D eigenvalue weighted by Crippen LogP contribution is 2.15. The first-order valence-electron chi connectivity index (χ1n) is 7.18. The number of pyridine rings is 1. The molecule has 1 atom stereocenters. The van der Waals surface area contributed by atoms with Crippen LogP contribution in [0.4, 0.5) is 0 Å². The van der Waals surface area contributed by atoms with Gasteiger partial charge in [-0.1, -0.05) is 18.5 Å². The number of hydrogen-bond donors (Lipinski definition) is 0. The molecule has 1 saturated heterocycles. The van der Waals surface area contributed by atoms with Crippen molar-refractivity contribution in [3.63, 3.8) is 0 Å². The quantitative estimate of drug-likeness (QED) is 0.804. The maximum Gasteiger partial charge on any atom is 0.254 e. The topological polar surface area (TPSA) is 36.4 Å². The van der Waals surface area contributed by atoms with E-state index < -0.39 is 0 Å². The van der Waals surface area contributed by atoms with Crippen LogP contribution in [0.5, 0.6) is 0 Å². The molecular weight excluding hydrogens is 274 g/mol. The van der Waals surface area contributed by atoms with Crippen molar-refractivity contribution in [1.29, 1.82) is 0 Å². The van der Waals surface area contributed by atoms with Crippen LogP contribution in [0.1, 0.15) is 36.3 Å². The van der Waals surface area contributed by atoms with Crippen LogP contribution in [0, 0.1) is 6.92 Å². The third-order valence-corrected chi connectivity index (χ3v) is 4.18. The summed E-state index contributed by atoms with van der Waals surface area (Å²) < 4.78 is 0. The third-order valence-electron chi connectivity index (χ3n) is 3.98. The maximum absolute atomic E-state index is 12.5. The molecule has 1 aromatic heterocycles. The Labute approximate surface area is 125 Å². The van der Waals surface area contributed by atoms with Crippen molar-refractivity contribution in [2.45, 2.75) is 33.2 Å². The minimum absolute atomic E-state index is 0.0567. The first-order valence-corrected chi connectivity index (χ1v) is 7.56. The molecule has 0 saturated carbocycles. The molecule has 0 aromatic carbocycles. The van der Waals surface area contributed by atoms with Gasteiger partial charge in [0.25, 0.3) is 5.91 Å². The number of piperazine rings is 1. The number of carbonyl (C=O) groups excluding carboxylic acids is 1. The number of aromatic nitrogens is 1. The van der Waals surface area contributed by atoms with E-state index in [2.05, 4.69) is 23.7 Å². The molecule has 0 bridgehead atoms. The summed E-state index contributed by atoms with van der Waals surface area (Å²) in [5.74, 6) is 0.0567. The Kier molecular flexibility index (Phi) is 5.00. The maximum atomic E-state index is 12.5. The summed E-state index contributed by atoms with van der Waals surface area (Å²) in [5.41, 5.74) is 1.42.